The fourth-order valence-corrected chi connectivity index (χ4v) is 0. The summed E-state index contributed by atoms with van der Waals surface area (Å²) in [5.74, 6) is 0. The molecule has 0 aliphatic heterocycles. The van der Waals surface area contributed by atoms with Gasteiger partial charge in [-0.15, -0.1) is 9.79 Å². The lowest BCUT2D eigenvalue weighted by Gasteiger charge is -2.01. The van der Waals surface area contributed by atoms with Gasteiger partial charge in [-0.05, 0) is 0 Å². The van der Waals surface area contributed by atoms with E-state index in [9.17, 15) is 0 Å². The first-order valence-electron chi connectivity index (χ1n) is 1.82. The van der Waals surface area contributed by atoms with Gasteiger partial charge in [-0.1, -0.05) is 34.8 Å². The third kappa shape index (κ3) is 36.8. The van der Waals surface area contributed by atoms with E-state index >= 15 is 0 Å². The van der Waals surface area contributed by atoms with Gasteiger partial charge in [-0.3, -0.25) is 0 Å². The second-order valence-electron chi connectivity index (χ2n) is 1.03. The molecule has 0 fully saturated rings. The molecular weight excluding hydrogens is 225 g/mol. The second-order valence-corrected chi connectivity index (χ2v) is 4.05. The molecule has 0 bridgehead atoms. The van der Waals surface area contributed by atoms with Crippen molar-refractivity contribution in [2.45, 2.75) is 3.79 Å². The lowest BCUT2D eigenvalue weighted by atomic mass is 10.9. The van der Waals surface area contributed by atoms with Crippen LogP contribution in [0.2, 0.25) is 0 Å². The number of rotatable bonds is 0. The molecule has 0 spiro atoms. The van der Waals surface area contributed by atoms with Crippen LogP contribution in [0.3, 0.4) is 0 Å². The van der Waals surface area contributed by atoms with Crippen molar-refractivity contribution in [2.75, 3.05) is 6.61 Å². The summed E-state index contributed by atoms with van der Waals surface area (Å²) in [5.41, 5.74) is 0. The standard InChI is InChI=1S/C2H3Cl3O.HO3P/c3-2(4,5)1-6;1-4(2)3/h6H,1H2;(H-,1,2,3)/p+1. The molecule has 0 radical (unpaired) electrons. The van der Waals surface area contributed by atoms with Crippen LogP contribution >= 0.6 is 43.1 Å². The number of aliphatic hydroxyl groups is 1. The quantitative estimate of drug-likeness (QED) is 0.428. The van der Waals surface area contributed by atoms with Crippen molar-refractivity contribution in [3.8, 4) is 0 Å². The molecule has 0 aromatic carbocycles. The van der Waals surface area contributed by atoms with Gasteiger partial charge in [0.1, 0.15) is 0 Å². The Labute approximate surface area is 73.3 Å². The van der Waals surface area contributed by atoms with Gasteiger partial charge in [-0.25, -0.2) is 0 Å². The van der Waals surface area contributed by atoms with E-state index in [1.807, 2.05) is 0 Å². The highest BCUT2D eigenvalue weighted by Gasteiger charge is 2.16. The van der Waals surface area contributed by atoms with Gasteiger partial charge >= 0.3 is 8.25 Å². The molecule has 0 heterocycles. The van der Waals surface area contributed by atoms with Gasteiger partial charge < -0.3 is 5.11 Å². The van der Waals surface area contributed by atoms with Gasteiger partial charge in [0, 0.05) is 4.57 Å². The first-order chi connectivity index (χ1) is 4.29. The lowest BCUT2D eigenvalue weighted by molar-refractivity contribution is 0.303. The molecule has 0 saturated heterocycles. The van der Waals surface area contributed by atoms with Crippen LogP contribution in [0.1, 0.15) is 0 Å². The van der Waals surface area contributed by atoms with Crippen LogP contribution in [0.5, 0.6) is 0 Å². The molecule has 4 nitrogen and oxygen atoms in total. The largest absolute Gasteiger partial charge is 0.692 e. The summed E-state index contributed by atoms with van der Waals surface area (Å²) in [6.45, 7) is -0.433. The molecule has 0 aliphatic carbocycles. The zero-order chi connectivity index (χ0) is 8.78. The van der Waals surface area contributed by atoms with Gasteiger partial charge in [0.2, 0.25) is 3.79 Å². The highest BCUT2D eigenvalue weighted by atomic mass is 35.6. The minimum absolute atomic E-state index is 0.433. The maximum Gasteiger partial charge on any atom is 0.692 e. The summed E-state index contributed by atoms with van der Waals surface area (Å²) in [6, 6.07) is 0. The molecule has 62 valence electrons. The van der Waals surface area contributed by atoms with Gasteiger partial charge in [0.15, 0.2) is 0 Å². The average Bonchev–Trinajstić information content (AvgIpc) is 1.63. The van der Waals surface area contributed by atoms with E-state index in [-0.39, 0.29) is 0 Å². The van der Waals surface area contributed by atoms with E-state index < -0.39 is 18.7 Å². The van der Waals surface area contributed by atoms with Crippen LogP contribution in [-0.2, 0) is 4.57 Å². The zero-order valence-corrected chi connectivity index (χ0v) is 7.70. The molecule has 10 heavy (non-hydrogen) atoms. The van der Waals surface area contributed by atoms with E-state index in [1.54, 1.807) is 0 Å². The monoisotopic (exact) mass is 229 g/mol. The van der Waals surface area contributed by atoms with Crippen molar-refractivity contribution in [3.63, 3.8) is 0 Å². The summed E-state index contributed by atoms with van der Waals surface area (Å²) in [6.07, 6.45) is 0. The smallest absolute Gasteiger partial charge is 0.392 e. The summed E-state index contributed by atoms with van der Waals surface area (Å²) in [4.78, 5) is 14.2. The van der Waals surface area contributed by atoms with Crippen molar-refractivity contribution in [2.24, 2.45) is 0 Å². The Morgan fingerprint density at radius 1 is 1.30 bits per heavy atom. The molecule has 0 saturated carbocycles. The Kier molecular flexibility index (Phi) is 8.81. The predicted molar refractivity (Wildman–Crippen MR) is 39.4 cm³/mol. The van der Waals surface area contributed by atoms with Crippen molar-refractivity contribution < 1.29 is 19.5 Å². The van der Waals surface area contributed by atoms with Gasteiger partial charge in [0.25, 0.3) is 0 Å². The molecule has 8 heteroatoms. The number of alkyl halides is 3. The van der Waals surface area contributed by atoms with E-state index in [2.05, 4.69) is 0 Å². The maximum absolute atomic E-state index is 8.70. The molecule has 0 unspecified atom stereocenters. The summed E-state index contributed by atoms with van der Waals surface area (Å²) >= 11 is 15.0. The van der Waals surface area contributed by atoms with Crippen LogP contribution in [0.25, 0.3) is 0 Å². The van der Waals surface area contributed by atoms with E-state index in [0.29, 0.717) is 0 Å². The molecule has 0 aromatic rings. The Morgan fingerprint density at radius 2 is 1.40 bits per heavy atom. The Bertz CT molecular complexity index is 97.2. The van der Waals surface area contributed by atoms with Crippen LogP contribution in [-0.4, -0.2) is 25.3 Å². The number of aliphatic hydroxyl groups excluding tert-OH is 1. The van der Waals surface area contributed by atoms with Crippen molar-refractivity contribution >= 4 is 43.1 Å². The first-order valence-corrected chi connectivity index (χ1v) is 4.12. The third-order valence-corrected chi connectivity index (χ3v) is 0.538. The van der Waals surface area contributed by atoms with Crippen LogP contribution < -0.4 is 0 Å². The van der Waals surface area contributed by atoms with Crippen molar-refractivity contribution in [3.05, 3.63) is 0 Å². The highest BCUT2D eigenvalue weighted by molar-refractivity contribution is 7.30. The number of halogens is 3. The highest BCUT2D eigenvalue weighted by Crippen LogP contribution is 2.23. The summed E-state index contributed by atoms with van der Waals surface area (Å²) < 4.78 is 7.22. The van der Waals surface area contributed by atoms with Crippen LogP contribution in [0.15, 0.2) is 0 Å². The number of hydrogen-bond donors (Lipinski definition) is 3. The third-order valence-electron chi connectivity index (χ3n) is 0.179. The average molecular weight is 230 g/mol. The van der Waals surface area contributed by atoms with E-state index in [4.69, 9.17) is 54.3 Å². The van der Waals surface area contributed by atoms with Crippen LogP contribution in [0.4, 0.5) is 0 Å². The lowest BCUT2D eigenvalue weighted by Crippen LogP contribution is -2.06. The Morgan fingerprint density at radius 3 is 1.40 bits per heavy atom. The number of hydrogen-bond acceptors (Lipinski definition) is 2. The fourth-order valence-electron chi connectivity index (χ4n) is 0. The Hall–Kier alpha value is 0.850. The Balaban J connectivity index is 0. The molecule has 3 N–H and O–H groups in total. The second kappa shape index (κ2) is 6.55. The minimum Gasteiger partial charge on any atom is -0.392 e. The normalized spacial score (nSPS) is 9.80. The van der Waals surface area contributed by atoms with E-state index in [0.717, 1.165) is 0 Å². The maximum atomic E-state index is 8.70. The molecule has 0 atom stereocenters. The summed E-state index contributed by atoms with van der Waals surface area (Å²) in [5, 5.41) is 8.01. The summed E-state index contributed by atoms with van der Waals surface area (Å²) in [7, 11) is -2.87. The molecule has 0 aliphatic rings. The topological polar surface area (TPSA) is 77.8 Å². The zero-order valence-electron chi connectivity index (χ0n) is 4.54. The van der Waals surface area contributed by atoms with Crippen LogP contribution in [0, 0.1) is 0 Å². The van der Waals surface area contributed by atoms with Gasteiger partial charge in [0.05, 0.1) is 6.61 Å². The molecular formula is C2H5Cl3O4P+. The van der Waals surface area contributed by atoms with Crippen molar-refractivity contribution in [1.29, 1.82) is 0 Å². The molecule has 0 aromatic heterocycles. The molecule has 0 amide bonds. The SMILES string of the molecule is O=[P+](O)O.OCC(Cl)(Cl)Cl. The minimum atomic E-state index is -2.87. The van der Waals surface area contributed by atoms with Crippen molar-refractivity contribution in [1.82, 2.24) is 0 Å². The predicted octanol–water partition coefficient (Wildman–Crippen LogP) is 0.977. The van der Waals surface area contributed by atoms with E-state index in [1.165, 1.54) is 0 Å². The van der Waals surface area contributed by atoms with Gasteiger partial charge in [-0.2, -0.15) is 0 Å². The molecule has 0 rings (SSSR count). The fraction of sp³-hybridized carbons (Fsp3) is 1.00. The first kappa shape index (κ1) is 13.4.